The lowest BCUT2D eigenvalue weighted by molar-refractivity contribution is -0.144. The van der Waals surface area contributed by atoms with E-state index in [1.807, 2.05) is 178 Å². The Balaban J connectivity index is -0.000000654. The highest BCUT2D eigenvalue weighted by molar-refractivity contribution is 5.79. The molecule has 4 aromatic rings. The summed E-state index contributed by atoms with van der Waals surface area (Å²) in [6, 6.07) is 34.4. The molecule has 28 N–H and O–H groups in total. The lowest BCUT2D eigenvalue weighted by Crippen LogP contribution is -2.44. The van der Waals surface area contributed by atoms with Gasteiger partial charge in [-0.15, -0.1) is 0 Å². The second kappa shape index (κ2) is 73.7. The third-order valence-electron chi connectivity index (χ3n) is 20.0. The molecule has 1 saturated carbocycles. The van der Waals surface area contributed by atoms with Crippen LogP contribution in [0, 0.1) is 11.8 Å². The first-order chi connectivity index (χ1) is 59.9. The van der Waals surface area contributed by atoms with Gasteiger partial charge in [0.05, 0.1) is 24.9 Å². The second-order valence-electron chi connectivity index (χ2n) is 30.3. The molecule has 126 heavy (non-hydrogen) atoms. The Hall–Kier alpha value is -9.31. The third-order valence-corrected chi connectivity index (χ3v) is 20.0. The van der Waals surface area contributed by atoms with Gasteiger partial charge in [-0.2, -0.15) is 0 Å². The number of nitrogens with one attached hydrogen (secondary N) is 7. The van der Waals surface area contributed by atoms with E-state index in [2.05, 4.69) is 55.1 Å². The van der Waals surface area contributed by atoms with E-state index in [4.69, 9.17) is 85.3 Å². The minimum Gasteiger partial charge on any atom is -0.480 e. The Bertz CT molecular complexity index is 3460. The maximum absolute atomic E-state index is 10.7. The number of aliphatic carboxylic acids is 10. The first-order valence-corrected chi connectivity index (χ1v) is 43.4. The van der Waals surface area contributed by atoms with E-state index in [9.17, 15) is 52.7 Å². The number of unbranched alkanes of at least 4 members (excludes halogenated alkanes) is 2. The Morgan fingerprint density at radius 1 is 0.532 bits per heavy atom. The molecular weight excluding hydrogens is 1630 g/mol. The van der Waals surface area contributed by atoms with Crippen molar-refractivity contribution >= 4 is 66.0 Å². The minimum atomic E-state index is -0.959. The van der Waals surface area contributed by atoms with Crippen molar-refractivity contribution in [3.8, 4) is 0 Å². The molecule has 6 saturated heterocycles. The van der Waals surface area contributed by atoms with E-state index in [-0.39, 0.29) is 37.6 Å². The number of carbonyl (C=O) groups is 11. The predicted octanol–water partition coefficient (Wildman–Crippen LogP) is 7.60. The average Bonchev–Trinajstić information content (AvgIpc) is 1.72. The molecule has 0 unspecified atom stereocenters. The number of aldehydes is 1. The van der Waals surface area contributed by atoms with Gasteiger partial charge in [-0.25, -0.2) is 0 Å². The van der Waals surface area contributed by atoms with Crippen molar-refractivity contribution in [3.63, 3.8) is 0 Å². The summed E-state index contributed by atoms with van der Waals surface area (Å²) in [6.45, 7) is 25.3. The SMILES string of the molecule is C.CC.CC.CC.CCCC[C@@H](N)C(=O)O.CCCC[C@H](N)C(=O)O.CN[C@H](C(=O)O)C(C)C.C[C@@]1(C(=O)O)CCCN1.N[C@H](Cc1ccccc1)C(=O)O.N[C@H]1CN[C@H](C(=O)O)C1.O=C(O)[C@@H]1C[C@@H](O)CN1.O=C(O)[C@@H]1C[C@@H](OCc2ccccc2)CN1.O=C(O)[C@@H]1C[C@@H](c2ccccc2)CN1.O=C(O)[C@@H]1C[C@H]2CCCC[C@H]2N1.[2H]N[C@H](C=O)Cc1ccccc1. The molecule has 0 spiro atoms. The Labute approximate surface area is 747 Å². The molecule has 17 atom stereocenters. The Kier molecular flexibility index (Phi) is 70.7. The van der Waals surface area contributed by atoms with Gasteiger partial charge in [0, 0.05) is 51.1 Å². The number of hydrogen-bond donors (Lipinski definition) is 23. The van der Waals surface area contributed by atoms with Crippen molar-refractivity contribution in [2.75, 3.05) is 39.8 Å². The van der Waals surface area contributed by atoms with Crippen LogP contribution in [0.3, 0.4) is 0 Å². The molecule has 6 aliphatic heterocycles. The van der Waals surface area contributed by atoms with Crippen LogP contribution in [0.15, 0.2) is 121 Å². The number of fused-ring (bicyclic) bond motifs is 1. The monoisotopic (exact) mass is 1790 g/mol. The van der Waals surface area contributed by atoms with Crippen molar-refractivity contribution < 1.29 is 115 Å². The largest absolute Gasteiger partial charge is 0.480 e. The van der Waals surface area contributed by atoms with Crippen LogP contribution in [0.2, 0.25) is 1.41 Å². The summed E-state index contributed by atoms with van der Waals surface area (Å²) in [5, 5.41) is 114. The second-order valence-corrected chi connectivity index (χ2v) is 30.3. The summed E-state index contributed by atoms with van der Waals surface area (Å²) in [7, 11) is 1.65. The van der Waals surface area contributed by atoms with Crippen LogP contribution in [-0.2, 0) is 76.9 Å². The number of carbonyl (C=O) groups excluding carboxylic acids is 1. The predicted molar refractivity (Wildman–Crippen MR) is 489 cm³/mol. The van der Waals surface area contributed by atoms with E-state index in [1.54, 1.807) is 14.0 Å². The van der Waals surface area contributed by atoms with E-state index in [1.165, 1.54) is 31.2 Å². The number of rotatable bonds is 28. The number of aliphatic hydroxyl groups excluding tert-OH is 1. The zero-order chi connectivity index (χ0) is 96.3. The minimum absolute atomic E-state index is 0. The number of ether oxygens (including phenoxy) is 1. The number of likely N-dealkylation sites (N-methyl/N-ethyl adjacent to an activating group) is 1. The molecule has 0 amide bonds. The van der Waals surface area contributed by atoms with Crippen molar-refractivity contribution in [1.29, 1.82) is 0 Å². The number of nitrogens with two attached hydrogens (primary N) is 5. The van der Waals surface area contributed by atoms with Crippen molar-refractivity contribution in [2.45, 2.75) is 308 Å². The fourth-order valence-electron chi connectivity index (χ4n) is 12.9. The smallest absolute Gasteiger partial charge is 0.323 e. The van der Waals surface area contributed by atoms with Crippen LogP contribution in [0.1, 0.15) is 221 Å². The van der Waals surface area contributed by atoms with Gasteiger partial charge in [0.2, 0.25) is 0 Å². The molecule has 35 heteroatoms. The standard InChI is InChI=1S/C12H15NO3.C11H13NO2.C9H15NO2.C9H11NO2.C9H11NO.C6H11NO2.3C6H13NO2.C5H10N2O2.C5H9NO3.3C2H6.CH4/c14-12(15)11-6-10(7-13-11)16-8-9-4-2-1-3-5-9;13-11(14)10-6-9(7-12-10)8-4-2-1-3-5-8;11-9(12)8-5-6-3-1-2-4-7(6)10-8;10-8(9(11)12)6-7-4-2-1-3-5-7;10-9(7-11)6-8-4-2-1-3-5-8;1-6(5(8)9)3-2-4-7-6;1-4(2)5(7-3)6(8)9;2*1-2-3-4-5(7)6(8)9;6-3-1-4(5(8)9)7-2-3;7-3-1-4(5(8)9)6-2-3;3*1-2;/h1-5,10-11,13H,6-8H2,(H,14,15);1-5,9-10,12H,6-7H2,(H,13,14);6-8,10H,1-5H2,(H,11,12);1-5,8H,6,10H2,(H,11,12);1-5,7,9H,6,10H2;7H,2-4H2,1H3,(H,8,9);4-5,7H,1-3H3,(H,8,9);2*5H,2-4,7H2,1H3,(H,8,9);3-4,7H,1-2,6H2,(H,8,9);3-4,6-7H,1-2H2,(H,8,9);3*1-2H3;1H4/t10-,11+;9-,10+;6-,7-,8+;8-;9-;6-;3*5-;2*3-,4+;;;;/m11110001011..../s1/i/hD. The van der Waals surface area contributed by atoms with Crippen LogP contribution in [0.4, 0.5) is 0 Å². The average molecular weight is 1790 g/mol. The van der Waals surface area contributed by atoms with Crippen LogP contribution in [0.5, 0.6) is 0 Å². The third kappa shape index (κ3) is 56.7. The first-order valence-electron chi connectivity index (χ1n) is 43.9. The van der Waals surface area contributed by atoms with Crippen LogP contribution >= 0.6 is 0 Å². The quantitative estimate of drug-likeness (QED) is 0.0243. The molecule has 35 nitrogen and oxygen atoms in total. The molecule has 11 rings (SSSR count). The van der Waals surface area contributed by atoms with Gasteiger partial charge in [-0.3, -0.25) is 47.9 Å². The normalized spacial score (nSPS) is 22.7. The lowest BCUT2D eigenvalue weighted by Gasteiger charge is -2.24. The lowest BCUT2D eigenvalue weighted by atomic mass is 9.85. The molecule has 0 bridgehead atoms. The number of carboxylic acids is 10. The summed E-state index contributed by atoms with van der Waals surface area (Å²) >= 11 is 0. The van der Waals surface area contributed by atoms with Crippen LogP contribution in [-0.4, -0.2) is 252 Å². The summed E-state index contributed by atoms with van der Waals surface area (Å²) in [4.78, 5) is 114. The molecule has 6 heterocycles. The summed E-state index contributed by atoms with van der Waals surface area (Å²) in [6.07, 6.45) is 15.8. The molecule has 0 radical (unpaired) electrons. The fraction of sp³-hybridized carbons (Fsp3) is 0.615. The van der Waals surface area contributed by atoms with Gasteiger partial charge in [-0.1, -0.05) is 237 Å². The number of carboxylic acid groups (broad SMARTS) is 10. The molecule has 1 aliphatic carbocycles. The highest BCUT2D eigenvalue weighted by atomic mass is 16.5. The highest BCUT2D eigenvalue weighted by Gasteiger charge is 2.39. The van der Waals surface area contributed by atoms with Crippen molar-refractivity contribution in [2.24, 2.45) is 40.5 Å². The zero-order valence-corrected chi connectivity index (χ0v) is 75.2. The zero-order valence-electron chi connectivity index (χ0n) is 76.2. The molecule has 0 aromatic heterocycles. The summed E-state index contributed by atoms with van der Waals surface area (Å²) < 4.78 is 12.5. The van der Waals surface area contributed by atoms with Crippen LogP contribution in [0.25, 0.3) is 0 Å². The van der Waals surface area contributed by atoms with E-state index < -0.39 is 120 Å². The maximum Gasteiger partial charge on any atom is 0.323 e. The van der Waals surface area contributed by atoms with Gasteiger partial charge in [-0.05, 0) is 131 Å². The van der Waals surface area contributed by atoms with Gasteiger partial charge < -0.3 is 132 Å². The van der Waals surface area contributed by atoms with Gasteiger partial charge in [0.15, 0.2) is 0 Å². The number of aliphatic hydroxyl groups is 1. The molecule has 7 aliphatic rings. The van der Waals surface area contributed by atoms with Gasteiger partial charge >= 0.3 is 59.7 Å². The molecular formula is C91H156N12O23. The number of hydrogen-bond acceptors (Lipinski definition) is 25. The Morgan fingerprint density at radius 2 is 0.952 bits per heavy atom. The van der Waals surface area contributed by atoms with Gasteiger partial charge in [0.1, 0.15) is 67.6 Å². The highest BCUT2D eigenvalue weighted by Crippen LogP contribution is 2.33. The maximum atomic E-state index is 10.7. The van der Waals surface area contributed by atoms with Crippen LogP contribution < -0.4 is 65.9 Å². The van der Waals surface area contributed by atoms with E-state index >= 15 is 0 Å². The van der Waals surface area contributed by atoms with Crippen molar-refractivity contribution in [1.82, 2.24) is 37.2 Å². The first kappa shape index (κ1) is 121. The fourth-order valence-corrected chi connectivity index (χ4v) is 12.9. The van der Waals surface area contributed by atoms with E-state index in [0.29, 0.717) is 95.5 Å². The summed E-state index contributed by atoms with van der Waals surface area (Å²) in [5.74, 6) is -7.06. The molecule has 4 aromatic carbocycles. The van der Waals surface area contributed by atoms with Gasteiger partial charge in [0.25, 0.3) is 0 Å². The summed E-state index contributed by atoms with van der Waals surface area (Å²) in [5.41, 5.74) is 27.1. The Morgan fingerprint density at radius 3 is 1.28 bits per heavy atom. The van der Waals surface area contributed by atoms with E-state index in [0.717, 1.165) is 81.0 Å². The number of benzene rings is 4. The topological polar surface area (TPSA) is 634 Å². The number of β-amino-alcohol motifs (C(OH)–C–C–N with tert-alkyl or cyclic N) is 1. The molecule has 7 fully saturated rings. The van der Waals surface area contributed by atoms with Crippen molar-refractivity contribution in [3.05, 3.63) is 144 Å². The molecule has 718 valence electrons.